The zero-order valence-corrected chi connectivity index (χ0v) is 17.4. The quantitative estimate of drug-likeness (QED) is 0.583. The van der Waals surface area contributed by atoms with E-state index in [-0.39, 0.29) is 11.5 Å². The molecular weight excluding hydrogens is 394 g/mol. The number of ketones is 1. The van der Waals surface area contributed by atoms with Crippen LogP contribution in [0, 0.1) is 0 Å². The lowest BCUT2D eigenvalue weighted by atomic mass is 9.92. The number of aliphatic imine (C=N–C) groups is 1. The normalized spacial score (nSPS) is 12.5. The van der Waals surface area contributed by atoms with Crippen LogP contribution in [0.1, 0.15) is 27.0 Å². The molecule has 158 valence electrons. The summed E-state index contributed by atoms with van der Waals surface area (Å²) in [6, 6.07) is 17.6. The predicted molar refractivity (Wildman–Crippen MR) is 118 cm³/mol. The molecule has 31 heavy (non-hydrogen) atoms. The van der Waals surface area contributed by atoms with Crippen LogP contribution < -0.4 is 14.2 Å². The fraction of sp³-hybridized carbons (Fsp3) is 0.200. The number of fused-ring (bicyclic) bond motifs is 1. The highest BCUT2D eigenvalue weighted by molar-refractivity contribution is 6.52. The molecule has 3 aromatic carbocycles. The Hall–Kier alpha value is -3.80. The summed E-state index contributed by atoms with van der Waals surface area (Å²) in [4.78, 5) is 17.5. The number of nitrogens with zero attached hydrogens (tertiary/aromatic N) is 1. The van der Waals surface area contributed by atoms with Crippen molar-refractivity contribution >= 4 is 11.5 Å². The van der Waals surface area contributed by atoms with Crippen molar-refractivity contribution in [1.29, 1.82) is 0 Å². The van der Waals surface area contributed by atoms with Crippen LogP contribution >= 0.6 is 0 Å². The van der Waals surface area contributed by atoms with Crippen LogP contribution in [0.4, 0.5) is 0 Å². The fourth-order valence-corrected chi connectivity index (χ4v) is 3.50. The third-order valence-electron chi connectivity index (χ3n) is 5.19. The number of carbonyl (C=O) groups excluding carboxylic acids is 1. The summed E-state index contributed by atoms with van der Waals surface area (Å²) in [5, 5.41) is 9.49. The second-order valence-corrected chi connectivity index (χ2v) is 7.15. The van der Waals surface area contributed by atoms with Gasteiger partial charge in [0.05, 0.1) is 14.2 Å². The van der Waals surface area contributed by atoms with E-state index in [9.17, 15) is 9.90 Å². The maximum absolute atomic E-state index is 13.0. The van der Waals surface area contributed by atoms with Crippen LogP contribution in [0.3, 0.4) is 0 Å². The topological polar surface area (TPSA) is 77.4 Å². The number of ether oxygens (including phenoxy) is 3. The van der Waals surface area contributed by atoms with Gasteiger partial charge in [-0.3, -0.25) is 9.79 Å². The highest BCUT2D eigenvalue weighted by Gasteiger charge is 2.24. The number of phenols is 1. The van der Waals surface area contributed by atoms with E-state index < -0.39 is 0 Å². The molecule has 1 N–H and O–H groups in total. The van der Waals surface area contributed by atoms with Crippen molar-refractivity contribution in [3.63, 3.8) is 0 Å². The molecule has 0 amide bonds. The Morgan fingerprint density at radius 3 is 2.39 bits per heavy atom. The van der Waals surface area contributed by atoms with Crippen molar-refractivity contribution < 1.29 is 24.1 Å². The van der Waals surface area contributed by atoms with Crippen molar-refractivity contribution in [1.82, 2.24) is 0 Å². The largest absolute Gasteiger partial charge is 0.508 e. The third kappa shape index (κ3) is 4.38. The number of methoxy groups -OCH3 is 2. The molecule has 1 aliphatic heterocycles. The summed E-state index contributed by atoms with van der Waals surface area (Å²) in [6.45, 7) is 0.906. The SMILES string of the molecule is COc1ccc(COc2cc3c(cc2OC)C(C(=O)c2ccc(O)cc2)=NCC3)cc1. The number of aromatic hydroxyl groups is 1. The van der Waals surface area contributed by atoms with E-state index in [1.54, 1.807) is 26.4 Å². The Morgan fingerprint density at radius 1 is 0.968 bits per heavy atom. The summed E-state index contributed by atoms with van der Waals surface area (Å²) < 4.78 is 16.8. The van der Waals surface area contributed by atoms with Crippen LogP contribution in [-0.2, 0) is 13.0 Å². The van der Waals surface area contributed by atoms with Gasteiger partial charge in [0.25, 0.3) is 0 Å². The fourth-order valence-electron chi connectivity index (χ4n) is 3.50. The summed E-state index contributed by atoms with van der Waals surface area (Å²) in [6.07, 6.45) is 0.713. The van der Waals surface area contributed by atoms with Crippen molar-refractivity contribution in [3.8, 4) is 23.0 Å². The van der Waals surface area contributed by atoms with Gasteiger partial charge in [-0.15, -0.1) is 0 Å². The van der Waals surface area contributed by atoms with Crippen LogP contribution in [0.15, 0.2) is 65.7 Å². The van der Waals surface area contributed by atoms with Crippen molar-refractivity contribution in [2.24, 2.45) is 4.99 Å². The number of phenolic OH excluding ortho intramolecular Hbond substituents is 1. The average Bonchev–Trinajstić information content (AvgIpc) is 2.82. The highest BCUT2D eigenvalue weighted by atomic mass is 16.5. The number of benzene rings is 3. The van der Waals surface area contributed by atoms with Crippen LogP contribution in [0.25, 0.3) is 0 Å². The highest BCUT2D eigenvalue weighted by Crippen LogP contribution is 2.34. The first-order valence-electron chi connectivity index (χ1n) is 9.94. The first kappa shape index (κ1) is 20.5. The lowest BCUT2D eigenvalue weighted by Crippen LogP contribution is -2.22. The van der Waals surface area contributed by atoms with Crippen molar-refractivity contribution in [2.45, 2.75) is 13.0 Å². The molecular formula is C25H23NO5. The van der Waals surface area contributed by atoms with Gasteiger partial charge in [0.1, 0.15) is 23.8 Å². The molecule has 0 fully saturated rings. The van der Waals surface area contributed by atoms with E-state index in [0.717, 1.165) is 22.4 Å². The molecule has 4 rings (SSSR count). The standard InChI is InChI=1S/C25H23NO5/c1-29-20-9-3-16(4-10-20)15-31-23-13-18-11-12-26-24(21(18)14-22(23)30-2)25(28)17-5-7-19(27)8-6-17/h3-10,13-14,27H,11-12,15H2,1-2H3. The Balaban J connectivity index is 1.59. The zero-order chi connectivity index (χ0) is 21.8. The molecule has 3 aromatic rings. The van der Waals surface area contributed by atoms with Gasteiger partial charge in [0.2, 0.25) is 5.78 Å². The number of carbonyl (C=O) groups is 1. The second-order valence-electron chi connectivity index (χ2n) is 7.15. The van der Waals surface area contributed by atoms with Gasteiger partial charge < -0.3 is 19.3 Å². The van der Waals surface area contributed by atoms with Crippen molar-refractivity contribution in [2.75, 3.05) is 20.8 Å². The van der Waals surface area contributed by atoms with Gasteiger partial charge in [0, 0.05) is 17.7 Å². The summed E-state index contributed by atoms with van der Waals surface area (Å²) in [5.74, 6) is 1.88. The monoisotopic (exact) mass is 417 g/mol. The van der Waals surface area contributed by atoms with Crippen LogP contribution in [0.2, 0.25) is 0 Å². The number of rotatable bonds is 7. The van der Waals surface area contributed by atoms with Gasteiger partial charge in [-0.1, -0.05) is 12.1 Å². The van der Waals surface area contributed by atoms with Crippen LogP contribution in [-0.4, -0.2) is 37.4 Å². The average molecular weight is 417 g/mol. The molecule has 0 saturated carbocycles. The first-order valence-corrected chi connectivity index (χ1v) is 9.94. The molecule has 0 unspecified atom stereocenters. The lowest BCUT2D eigenvalue weighted by Gasteiger charge is -2.20. The predicted octanol–water partition coefficient (Wildman–Crippen LogP) is 4.22. The minimum atomic E-state index is -0.185. The Kier molecular flexibility index (Phi) is 5.89. The maximum atomic E-state index is 13.0. The van der Waals surface area contributed by atoms with E-state index in [1.807, 2.05) is 36.4 Å². The van der Waals surface area contributed by atoms with Crippen molar-refractivity contribution in [3.05, 3.63) is 82.9 Å². The lowest BCUT2D eigenvalue weighted by molar-refractivity contribution is 0.106. The van der Waals surface area contributed by atoms with E-state index in [0.29, 0.717) is 42.3 Å². The third-order valence-corrected chi connectivity index (χ3v) is 5.19. The molecule has 6 nitrogen and oxygen atoms in total. The van der Waals surface area contributed by atoms with Gasteiger partial charge >= 0.3 is 0 Å². The van der Waals surface area contributed by atoms with Crippen LogP contribution in [0.5, 0.6) is 23.0 Å². The van der Waals surface area contributed by atoms with E-state index >= 15 is 0 Å². The number of Topliss-reactive ketones (excluding diaryl/α,β-unsaturated/α-hetero) is 1. The van der Waals surface area contributed by atoms with E-state index in [4.69, 9.17) is 14.2 Å². The van der Waals surface area contributed by atoms with E-state index in [1.165, 1.54) is 12.1 Å². The molecule has 0 aromatic heterocycles. The maximum Gasteiger partial charge on any atom is 0.211 e. The summed E-state index contributed by atoms with van der Waals surface area (Å²) in [7, 11) is 3.21. The molecule has 1 aliphatic rings. The molecule has 0 bridgehead atoms. The van der Waals surface area contributed by atoms with E-state index in [2.05, 4.69) is 4.99 Å². The molecule has 1 heterocycles. The number of hydrogen-bond donors (Lipinski definition) is 1. The molecule has 0 saturated heterocycles. The molecule has 0 spiro atoms. The molecule has 0 atom stereocenters. The van der Waals surface area contributed by atoms with Gasteiger partial charge in [-0.25, -0.2) is 0 Å². The molecule has 0 radical (unpaired) electrons. The smallest absolute Gasteiger partial charge is 0.211 e. The van der Waals surface area contributed by atoms with Gasteiger partial charge in [-0.05, 0) is 66.1 Å². The summed E-state index contributed by atoms with van der Waals surface area (Å²) in [5.41, 5.74) is 3.61. The van der Waals surface area contributed by atoms with Gasteiger partial charge in [0.15, 0.2) is 11.5 Å². The molecule has 6 heteroatoms. The zero-order valence-electron chi connectivity index (χ0n) is 17.4. The number of hydrogen-bond acceptors (Lipinski definition) is 6. The van der Waals surface area contributed by atoms with Gasteiger partial charge in [-0.2, -0.15) is 0 Å². The summed E-state index contributed by atoms with van der Waals surface area (Å²) >= 11 is 0. The first-order chi connectivity index (χ1) is 15.1. The second kappa shape index (κ2) is 8.92. The minimum Gasteiger partial charge on any atom is -0.508 e. The molecule has 0 aliphatic carbocycles. The Morgan fingerprint density at radius 2 is 1.71 bits per heavy atom. The Labute approximate surface area is 180 Å². The minimum absolute atomic E-state index is 0.114. The Bertz CT molecular complexity index is 1120.